The number of aromatic nitrogens is 1. The Labute approximate surface area is 112 Å². The summed E-state index contributed by atoms with van der Waals surface area (Å²) in [6.45, 7) is 1.67. The lowest BCUT2D eigenvalue weighted by Crippen LogP contribution is -2.10. The number of nitrogens with zero attached hydrogens (tertiary/aromatic N) is 1. The van der Waals surface area contributed by atoms with Gasteiger partial charge in [0.25, 0.3) is 0 Å². The number of hydrogen-bond acceptors (Lipinski definition) is 2. The smallest absolute Gasteiger partial charge is 0.289 e. The average molecular weight is 283 g/mol. The third-order valence-corrected chi connectivity index (χ3v) is 2.70. The number of rotatable bonds is 2. The summed E-state index contributed by atoms with van der Waals surface area (Å²) < 4.78 is 50.7. The number of carbonyl (C=O) groups is 1. The van der Waals surface area contributed by atoms with Gasteiger partial charge < -0.3 is 0 Å². The fourth-order valence-corrected chi connectivity index (χ4v) is 1.74. The number of carbonyl (C=O) groups excluding carboxylic acids is 1. The van der Waals surface area contributed by atoms with Crippen molar-refractivity contribution >= 4 is 5.78 Å². The summed E-state index contributed by atoms with van der Waals surface area (Å²) in [6, 6.07) is 5.03. The molecule has 2 aromatic rings. The molecule has 0 atom stereocenters. The average Bonchev–Trinajstić information content (AvgIpc) is 2.36. The van der Waals surface area contributed by atoms with E-state index in [9.17, 15) is 22.4 Å². The van der Waals surface area contributed by atoms with E-state index in [-0.39, 0.29) is 11.1 Å². The molecule has 1 aromatic carbocycles. The van der Waals surface area contributed by atoms with Crippen LogP contribution in [0.4, 0.5) is 17.6 Å². The van der Waals surface area contributed by atoms with Crippen molar-refractivity contribution in [2.45, 2.75) is 13.1 Å². The molecule has 0 aliphatic carbocycles. The number of aryl methyl sites for hydroxylation is 1. The highest BCUT2D eigenvalue weighted by Gasteiger charge is 2.34. The van der Waals surface area contributed by atoms with E-state index in [4.69, 9.17) is 0 Å². The molecule has 1 heterocycles. The van der Waals surface area contributed by atoms with Gasteiger partial charge in [0.1, 0.15) is 5.82 Å². The minimum atomic E-state index is -4.78. The Morgan fingerprint density at radius 2 is 1.75 bits per heavy atom. The van der Waals surface area contributed by atoms with Crippen LogP contribution in [0.1, 0.15) is 27.2 Å². The predicted octanol–water partition coefficient (Wildman–Crippen LogP) is 3.78. The number of benzene rings is 1. The second-order valence-electron chi connectivity index (χ2n) is 4.21. The maximum Gasteiger partial charge on any atom is 0.419 e. The van der Waals surface area contributed by atoms with Crippen molar-refractivity contribution < 1.29 is 22.4 Å². The molecule has 2 rings (SSSR count). The molecule has 1 aromatic heterocycles. The van der Waals surface area contributed by atoms with E-state index in [1.165, 1.54) is 18.3 Å². The lowest BCUT2D eigenvalue weighted by molar-refractivity contribution is -0.140. The van der Waals surface area contributed by atoms with Crippen molar-refractivity contribution in [2.75, 3.05) is 0 Å². The third kappa shape index (κ3) is 2.84. The summed E-state index contributed by atoms with van der Waals surface area (Å²) in [6.07, 6.45) is -3.37. The monoisotopic (exact) mass is 283 g/mol. The number of ketones is 1. The summed E-state index contributed by atoms with van der Waals surface area (Å²) >= 11 is 0. The van der Waals surface area contributed by atoms with Gasteiger partial charge in [0.15, 0.2) is 5.78 Å². The first kappa shape index (κ1) is 14.2. The molecule has 0 radical (unpaired) electrons. The Morgan fingerprint density at radius 3 is 2.30 bits per heavy atom. The van der Waals surface area contributed by atoms with Crippen molar-refractivity contribution in [3.8, 4) is 0 Å². The van der Waals surface area contributed by atoms with E-state index < -0.39 is 23.3 Å². The van der Waals surface area contributed by atoms with Gasteiger partial charge >= 0.3 is 6.18 Å². The van der Waals surface area contributed by atoms with Crippen LogP contribution >= 0.6 is 0 Å². The number of halogens is 4. The number of pyridine rings is 1. The lowest BCUT2D eigenvalue weighted by atomic mass is 10.0. The highest BCUT2D eigenvalue weighted by Crippen LogP contribution is 2.31. The first-order valence-electron chi connectivity index (χ1n) is 5.63. The molecule has 0 amide bonds. The molecule has 0 bridgehead atoms. The van der Waals surface area contributed by atoms with Crippen LogP contribution in [0.25, 0.3) is 0 Å². The van der Waals surface area contributed by atoms with Gasteiger partial charge in [0, 0.05) is 23.0 Å². The van der Waals surface area contributed by atoms with Crippen LogP contribution in [-0.4, -0.2) is 10.8 Å². The van der Waals surface area contributed by atoms with Gasteiger partial charge in [-0.15, -0.1) is 0 Å². The molecule has 6 heteroatoms. The molecule has 20 heavy (non-hydrogen) atoms. The van der Waals surface area contributed by atoms with Gasteiger partial charge in [0.05, 0.1) is 5.56 Å². The zero-order chi connectivity index (χ0) is 14.9. The summed E-state index contributed by atoms with van der Waals surface area (Å²) in [7, 11) is 0. The molecule has 2 nitrogen and oxygen atoms in total. The molecule has 0 spiro atoms. The van der Waals surface area contributed by atoms with Gasteiger partial charge in [-0.2, -0.15) is 13.2 Å². The highest BCUT2D eigenvalue weighted by atomic mass is 19.4. The van der Waals surface area contributed by atoms with Gasteiger partial charge in [0.2, 0.25) is 0 Å². The quantitative estimate of drug-likeness (QED) is 0.620. The zero-order valence-corrected chi connectivity index (χ0v) is 10.3. The van der Waals surface area contributed by atoms with Crippen LogP contribution in [0, 0.1) is 12.7 Å². The van der Waals surface area contributed by atoms with Gasteiger partial charge in [-0.25, -0.2) is 4.39 Å². The molecule has 0 fully saturated rings. The second-order valence-corrected chi connectivity index (χ2v) is 4.21. The fourth-order valence-electron chi connectivity index (χ4n) is 1.74. The topological polar surface area (TPSA) is 30.0 Å². The second kappa shape index (κ2) is 5.03. The van der Waals surface area contributed by atoms with E-state index in [0.29, 0.717) is 17.8 Å². The fraction of sp³-hybridized carbons (Fsp3) is 0.143. The highest BCUT2D eigenvalue weighted by molar-refractivity contribution is 6.09. The summed E-state index contributed by atoms with van der Waals surface area (Å²) in [4.78, 5) is 15.9. The summed E-state index contributed by atoms with van der Waals surface area (Å²) in [5.74, 6) is -2.02. The maximum atomic E-state index is 13.4. The minimum absolute atomic E-state index is 0.138. The van der Waals surface area contributed by atoms with E-state index in [2.05, 4.69) is 4.98 Å². The molecule has 0 aliphatic rings. The molecule has 104 valence electrons. The van der Waals surface area contributed by atoms with Crippen LogP contribution in [-0.2, 0) is 6.18 Å². The first-order chi connectivity index (χ1) is 9.29. The van der Waals surface area contributed by atoms with Crippen molar-refractivity contribution in [3.63, 3.8) is 0 Å². The van der Waals surface area contributed by atoms with Gasteiger partial charge in [-0.05, 0) is 31.2 Å². The Bertz CT molecular complexity index is 664. The Morgan fingerprint density at radius 1 is 1.10 bits per heavy atom. The normalized spacial score (nSPS) is 11.4. The SMILES string of the molecule is Cc1cc(C(=O)c2ccc(C(F)(F)F)c(F)c2)ccn1. The van der Waals surface area contributed by atoms with Crippen LogP contribution in [0.2, 0.25) is 0 Å². The van der Waals surface area contributed by atoms with Crippen molar-refractivity contribution in [2.24, 2.45) is 0 Å². The first-order valence-corrected chi connectivity index (χ1v) is 5.63. The number of hydrogen-bond donors (Lipinski definition) is 0. The molecule has 0 unspecified atom stereocenters. The van der Waals surface area contributed by atoms with Crippen molar-refractivity contribution in [3.05, 3.63) is 64.7 Å². The van der Waals surface area contributed by atoms with E-state index in [1.807, 2.05) is 0 Å². The summed E-state index contributed by atoms with van der Waals surface area (Å²) in [5.41, 5.74) is -0.694. The van der Waals surface area contributed by atoms with Crippen LogP contribution < -0.4 is 0 Å². The Hall–Kier alpha value is -2.24. The van der Waals surface area contributed by atoms with E-state index >= 15 is 0 Å². The molecule has 0 saturated carbocycles. The predicted molar refractivity (Wildman–Crippen MR) is 63.8 cm³/mol. The third-order valence-electron chi connectivity index (χ3n) is 2.70. The molecule has 0 N–H and O–H groups in total. The maximum absolute atomic E-state index is 13.4. The Balaban J connectivity index is 2.40. The van der Waals surface area contributed by atoms with E-state index in [1.54, 1.807) is 6.92 Å². The molecular weight excluding hydrogens is 274 g/mol. The Kier molecular flexibility index (Phi) is 3.57. The van der Waals surface area contributed by atoms with Crippen molar-refractivity contribution in [1.29, 1.82) is 0 Å². The molecule has 0 saturated heterocycles. The molecule has 0 aliphatic heterocycles. The van der Waals surface area contributed by atoms with Crippen molar-refractivity contribution in [1.82, 2.24) is 4.98 Å². The van der Waals surface area contributed by atoms with Crippen LogP contribution in [0.3, 0.4) is 0 Å². The minimum Gasteiger partial charge on any atom is -0.289 e. The van der Waals surface area contributed by atoms with Crippen LogP contribution in [0.5, 0.6) is 0 Å². The zero-order valence-electron chi connectivity index (χ0n) is 10.3. The number of alkyl halides is 3. The largest absolute Gasteiger partial charge is 0.419 e. The standard InChI is InChI=1S/C14H9F4NO/c1-8-6-10(4-5-19-8)13(20)9-2-3-11(12(15)7-9)14(16,17)18/h2-7H,1H3. The van der Waals surface area contributed by atoms with Gasteiger partial charge in [-0.3, -0.25) is 9.78 Å². The van der Waals surface area contributed by atoms with E-state index in [0.717, 1.165) is 6.07 Å². The molecular formula is C14H9F4NO. The van der Waals surface area contributed by atoms with Crippen LogP contribution in [0.15, 0.2) is 36.5 Å². The van der Waals surface area contributed by atoms with Gasteiger partial charge in [-0.1, -0.05) is 6.07 Å². The lowest BCUT2D eigenvalue weighted by Gasteiger charge is -2.09. The summed E-state index contributed by atoms with van der Waals surface area (Å²) in [5, 5.41) is 0.